The molecule has 3 aliphatic carbocycles. The maximum Gasteiger partial charge on any atom is 0.0467 e. The lowest BCUT2D eigenvalue weighted by Gasteiger charge is -2.28. The van der Waals surface area contributed by atoms with Crippen molar-refractivity contribution in [3.63, 3.8) is 0 Å². The van der Waals surface area contributed by atoms with Crippen LogP contribution in [0.2, 0.25) is 0 Å². The van der Waals surface area contributed by atoms with Gasteiger partial charge < -0.3 is 4.90 Å². The van der Waals surface area contributed by atoms with E-state index in [4.69, 9.17) is 0 Å². The molecule has 0 spiro atoms. The third-order valence-corrected chi connectivity index (χ3v) is 13.9. The van der Waals surface area contributed by atoms with Gasteiger partial charge in [-0.3, -0.25) is 0 Å². The fourth-order valence-corrected chi connectivity index (χ4v) is 10.6. The summed E-state index contributed by atoms with van der Waals surface area (Å²) in [4.78, 5) is 2.45. The third kappa shape index (κ3) is 7.00. The molecule has 0 radical (unpaired) electrons. The Balaban J connectivity index is 1.00. The summed E-state index contributed by atoms with van der Waals surface area (Å²) in [5, 5.41) is 0. The molecule has 288 valence electrons. The predicted octanol–water partition coefficient (Wildman–Crippen LogP) is 16.6. The molecule has 10 rings (SSSR count). The number of hydrogen-bond donors (Lipinski definition) is 0. The fourth-order valence-electron chi connectivity index (χ4n) is 10.6. The van der Waals surface area contributed by atoms with Gasteiger partial charge in [-0.2, -0.15) is 0 Å². The Morgan fingerprint density at radius 1 is 0.362 bits per heavy atom. The molecule has 2 fully saturated rings. The summed E-state index contributed by atoms with van der Waals surface area (Å²) < 4.78 is 0. The minimum absolute atomic E-state index is 0.0852. The second-order valence-corrected chi connectivity index (χ2v) is 17.8. The lowest BCUT2D eigenvalue weighted by Crippen LogP contribution is -2.16. The number of benzene rings is 7. The highest BCUT2D eigenvalue weighted by atomic mass is 15.1. The van der Waals surface area contributed by atoms with Gasteiger partial charge in [-0.15, -0.1) is 0 Å². The monoisotopic (exact) mass is 753 g/mol. The minimum atomic E-state index is -0.0852. The van der Waals surface area contributed by atoms with Crippen LogP contribution >= 0.6 is 0 Å². The number of nitrogens with zero attached hydrogens (tertiary/aromatic N) is 1. The summed E-state index contributed by atoms with van der Waals surface area (Å²) >= 11 is 0. The zero-order valence-electron chi connectivity index (χ0n) is 34.3. The molecule has 58 heavy (non-hydrogen) atoms. The van der Waals surface area contributed by atoms with E-state index >= 15 is 0 Å². The van der Waals surface area contributed by atoms with E-state index in [1.54, 1.807) is 0 Å². The Kier molecular flexibility index (Phi) is 9.86. The van der Waals surface area contributed by atoms with Crippen molar-refractivity contribution in [2.45, 2.75) is 95.3 Å². The lowest BCUT2D eigenvalue weighted by molar-refractivity contribution is 0.443. The largest absolute Gasteiger partial charge is 0.310 e. The van der Waals surface area contributed by atoms with Gasteiger partial charge in [0.2, 0.25) is 0 Å². The van der Waals surface area contributed by atoms with Gasteiger partial charge in [-0.25, -0.2) is 0 Å². The van der Waals surface area contributed by atoms with E-state index < -0.39 is 0 Å². The van der Waals surface area contributed by atoms with Crippen molar-refractivity contribution in [1.29, 1.82) is 0 Å². The van der Waals surface area contributed by atoms with Crippen LogP contribution in [0.5, 0.6) is 0 Å². The molecule has 0 atom stereocenters. The summed E-state index contributed by atoms with van der Waals surface area (Å²) in [5.41, 5.74) is 19.4. The first-order chi connectivity index (χ1) is 28.5. The van der Waals surface area contributed by atoms with Gasteiger partial charge in [-0.05, 0) is 147 Å². The fraction of sp³-hybridized carbons (Fsp3) is 0.263. The van der Waals surface area contributed by atoms with Gasteiger partial charge in [0.25, 0.3) is 0 Å². The summed E-state index contributed by atoms with van der Waals surface area (Å²) in [6, 6.07) is 62.3. The van der Waals surface area contributed by atoms with E-state index in [2.05, 4.69) is 183 Å². The topological polar surface area (TPSA) is 3.24 Å². The van der Waals surface area contributed by atoms with Crippen LogP contribution < -0.4 is 4.90 Å². The van der Waals surface area contributed by atoms with Crippen LogP contribution in [0.25, 0.3) is 44.5 Å². The normalized spacial score (nSPS) is 16.4. The maximum absolute atomic E-state index is 2.45. The molecule has 7 aromatic carbocycles. The Morgan fingerprint density at radius 3 is 1.45 bits per heavy atom. The highest BCUT2D eigenvalue weighted by Gasteiger charge is 2.35. The number of fused-ring (bicyclic) bond motifs is 3. The number of rotatable bonds is 8. The van der Waals surface area contributed by atoms with Crippen LogP contribution in [-0.4, -0.2) is 0 Å². The molecule has 0 aliphatic heterocycles. The van der Waals surface area contributed by atoms with Gasteiger partial charge in [0.1, 0.15) is 0 Å². The highest BCUT2D eigenvalue weighted by Crippen LogP contribution is 2.51. The van der Waals surface area contributed by atoms with Crippen molar-refractivity contribution in [1.82, 2.24) is 0 Å². The zero-order chi connectivity index (χ0) is 39.1. The van der Waals surface area contributed by atoms with E-state index in [-0.39, 0.29) is 5.41 Å². The van der Waals surface area contributed by atoms with Gasteiger partial charge in [0.15, 0.2) is 0 Å². The Morgan fingerprint density at radius 2 is 0.828 bits per heavy atom. The molecule has 0 aromatic heterocycles. The minimum Gasteiger partial charge on any atom is -0.310 e. The second kappa shape index (κ2) is 15.6. The average Bonchev–Trinajstić information content (AvgIpc) is 3.53. The number of hydrogen-bond acceptors (Lipinski definition) is 1. The van der Waals surface area contributed by atoms with Crippen molar-refractivity contribution < 1.29 is 0 Å². The molecule has 2 saturated carbocycles. The molecule has 1 heteroatoms. The van der Waals surface area contributed by atoms with Gasteiger partial charge >= 0.3 is 0 Å². The molecule has 0 heterocycles. The third-order valence-electron chi connectivity index (χ3n) is 13.9. The van der Waals surface area contributed by atoms with Crippen LogP contribution in [0.15, 0.2) is 164 Å². The summed E-state index contributed by atoms with van der Waals surface area (Å²) in [5.74, 6) is 1.44. The predicted molar refractivity (Wildman–Crippen MR) is 247 cm³/mol. The molecular formula is C57H55N. The molecule has 0 bridgehead atoms. The molecule has 0 saturated heterocycles. The first-order valence-corrected chi connectivity index (χ1v) is 22.1. The Bertz CT molecular complexity index is 2530. The van der Waals surface area contributed by atoms with E-state index in [0.717, 1.165) is 23.2 Å². The van der Waals surface area contributed by atoms with Crippen molar-refractivity contribution in [3.8, 4) is 44.5 Å². The quantitative estimate of drug-likeness (QED) is 0.149. The van der Waals surface area contributed by atoms with Gasteiger partial charge in [0, 0.05) is 22.5 Å². The molecular weight excluding hydrogens is 699 g/mol. The molecule has 3 aliphatic rings. The first kappa shape index (κ1) is 36.7. The van der Waals surface area contributed by atoms with E-state index in [1.807, 2.05) is 0 Å². The van der Waals surface area contributed by atoms with Gasteiger partial charge in [-0.1, -0.05) is 174 Å². The molecule has 0 amide bonds. The summed E-state index contributed by atoms with van der Waals surface area (Å²) in [6.45, 7) is 4.74. The van der Waals surface area contributed by atoms with Crippen LogP contribution in [0.4, 0.5) is 17.1 Å². The van der Waals surface area contributed by atoms with Crippen molar-refractivity contribution in [3.05, 3.63) is 186 Å². The second-order valence-electron chi connectivity index (χ2n) is 17.8. The van der Waals surface area contributed by atoms with Crippen LogP contribution in [0.1, 0.15) is 112 Å². The van der Waals surface area contributed by atoms with Crippen molar-refractivity contribution in [2.24, 2.45) is 0 Å². The first-order valence-electron chi connectivity index (χ1n) is 22.1. The zero-order valence-corrected chi connectivity index (χ0v) is 34.3. The molecule has 0 N–H and O–H groups in total. The molecule has 7 aromatic rings. The maximum atomic E-state index is 2.45. The van der Waals surface area contributed by atoms with Gasteiger partial charge in [0.05, 0.1) is 0 Å². The Labute approximate surface area is 346 Å². The van der Waals surface area contributed by atoms with Crippen molar-refractivity contribution >= 4 is 17.1 Å². The van der Waals surface area contributed by atoms with E-state index in [9.17, 15) is 0 Å². The molecule has 1 nitrogen and oxygen atoms in total. The SMILES string of the molecule is CC1(C)c2ccccc2-c2ccc(N(c3ccc(-c4ccc(C5CCCCC5)cc4)cc3)c3cccc(-c4cccc(-c5ccc(C6CCCCC6)cc5)c4)c3)cc21. The highest BCUT2D eigenvalue weighted by molar-refractivity contribution is 5.87. The standard InChI is InChI=1S/C57H55N/c1-57(2)55-22-10-9-21-53(55)54-36-35-52(39-56(54)57)58(50-33-31-45(32-34-50)44-25-23-42(24-26-44)40-13-5-3-6-14-40)51-20-12-19-49(38-51)48-18-11-17-47(37-48)46-29-27-43(28-30-46)41-15-7-4-8-16-41/h9-12,17-41H,3-8,13-16H2,1-2H3. The van der Waals surface area contributed by atoms with Crippen LogP contribution in [0.3, 0.4) is 0 Å². The van der Waals surface area contributed by atoms with Crippen molar-refractivity contribution in [2.75, 3.05) is 4.90 Å². The summed E-state index contributed by atoms with van der Waals surface area (Å²) in [7, 11) is 0. The Hall–Kier alpha value is -5.66. The van der Waals surface area contributed by atoms with Crippen LogP contribution in [0, 0.1) is 0 Å². The van der Waals surface area contributed by atoms with E-state index in [0.29, 0.717) is 0 Å². The van der Waals surface area contributed by atoms with Crippen LogP contribution in [-0.2, 0) is 5.41 Å². The smallest absolute Gasteiger partial charge is 0.0467 e. The summed E-state index contributed by atoms with van der Waals surface area (Å²) in [6.07, 6.45) is 13.6. The average molecular weight is 754 g/mol. The lowest BCUT2D eigenvalue weighted by atomic mass is 9.82. The van der Waals surface area contributed by atoms with E-state index in [1.165, 1.54) is 137 Å². The molecule has 0 unspecified atom stereocenters. The number of anilines is 3.